The molecule has 0 aromatic rings. The molecule has 0 radical (unpaired) electrons. The zero-order valence-electron chi connectivity index (χ0n) is 12.1. The quantitative estimate of drug-likeness (QED) is 0.699. The van der Waals surface area contributed by atoms with Gasteiger partial charge < -0.3 is 14.8 Å². The minimum atomic E-state index is -0.219. The fourth-order valence-electron chi connectivity index (χ4n) is 1.23. The molecule has 4 nitrogen and oxygen atoms in total. The van der Waals surface area contributed by atoms with E-state index in [0.717, 1.165) is 6.42 Å². The Morgan fingerprint density at radius 3 is 2.12 bits per heavy atom. The molecule has 1 N–H and O–H groups in total. The number of hydrogen-bond acceptors (Lipinski definition) is 3. The molecule has 17 heavy (non-hydrogen) atoms. The van der Waals surface area contributed by atoms with Crippen molar-refractivity contribution in [3.63, 3.8) is 0 Å². The van der Waals surface area contributed by atoms with E-state index in [1.807, 2.05) is 34.6 Å². The zero-order valence-corrected chi connectivity index (χ0v) is 12.1. The van der Waals surface area contributed by atoms with Crippen molar-refractivity contribution in [1.29, 1.82) is 0 Å². The molecule has 0 rings (SSSR count). The lowest BCUT2D eigenvalue weighted by Crippen LogP contribution is -2.33. The number of amides is 1. The first-order valence-electron chi connectivity index (χ1n) is 6.15. The van der Waals surface area contributed by atoms with Crippen molar-refractivity contribution in [3.05, 3.63) is 0 Å². The standard InChI is InChI=1S/C13H27NO3/c1-11(15)14-8-10-17-13(5,6)7-9-16-12(2,3)4/h7-10H2,1-6H3,(H,14,15). The topological polar surface area (TPSA) is 47.6 Å². The summed E-state index contributed by atoms with van der Waals surface area (Å²) < 4.78 is 11.4. The van der Waals surface area contributed by atoms with Gasteiger partial charge in [-0.15, -0.1) is 0 Å². The van der Waals surface area contributed by atoms with Crippen LogP contribution in [0, 0.1) is 0 Å². The van der Waals surface area contributed by atoms with Crippen molar-refractivity contribution in [2.24, 2.45) is 0 Å². The maximum absolute atomic E-state index is 10.7. The molecule has 0 aliphatic carbocycles. The first-order chi connectivity index (χ1) is 7.62. The lowest BCUT2D eigenvalue weighted by Gasteiger charge is -2.27. The lowest BCUT2D eigenvalue weighted by molar-refractivity contribution is -0.119. The maximum Gasteiger partial charge on any atom is 0.216 e. The van der Waals surface area contributed by atoms with Crippen LogP contribution in [-0.4, -0.2) is 36.9 Å². The van der Waals surface area contributed by atoms with Crippen LogP contribution in [0.3, 0.4) is 0 Å². The van der Waals surface area contributed by atoms with Crippen molar-refractivity contribution in [3.8, 4) is 0 Å². The van der Waals surface area contributed by atoms with Crippen molar-refractivity contribution < 1.29 is 14.3 Å². The first-order valence-corrected chi connectivity index (χ1v) is 6.15. The predicted octanol–water partition coefficient (Wildman–Crippen LogP) is 2.12. The molecule has 4 heteroatoms. The molecule has 0 bridgehead atoms. The molecule has 0 aromatic carbocycles. The van der Waals surface area contributed by atoms with E-state index in [0.29, 0.717) is 19.8 Å². The molecule has 0 saturated heterocycles. The largest absolute Gasteiger partial charge is 0.376 e. The highest BCUT2D eigenvalue weighted by Crippen LogP contribution is 2.16. The molecular formula is C13H27NO3. The van der Waals surface area contributed by atoms with Crippen molar-refractivity contribution in [1.82, 2.24) is 5.32 Å². The third-order valence-electron chi connectivity index (χ3n) is 2.21. The van der Waals surface area contributed by atoms with Gasteiger partial charge in [0.2, 0.25) is 5.91 Å². The summed E-state index contributed by atoms with van der Waals surface area (Å²) in [5, 5.41) is 2.70. The fourth-order valence-corrected chi connectivity index (χ4v) is 1.23. The number of ether oxygens (including phenoxy) is 2. The van der Waals surface area contributed by atoms with Gasteiger partial charge in [-0.3, -0.25) is 4.79 Å². The van der Waals surface area contributed by atoms with Crippen LogP contribution in [0.2, 0.25) is 0 Å². The van der Waals surface area contributed by atoms with Gasteiger partial charge in [-0.2, -0.15) is 0 Å². The highest BCUT2D eigenvalue weighted by Gasteiger charge is 2.19. The number of nitrogens with one attached hydrogen (secondary N) is 1. The SMILES string of the molecule is CC(=O)NCCOC(C)(C)CCOC(C)(C)C. The number of carbonyl (C=O) groups is 1. The minimum absolute atomic E-state index is 0.0255. The molecule has 0 saturated carbocycles. The normalized spacial score (nSPS) is 12.6. The third kappa shape index (κ3) is 11.6. The van der Waals surface area contributed by atoms with Crippen molar-refractivity contribution >= 4 is 5.91 Å². The number of rotatable bonds is 7. The van der Waals surface area contributed by atoms with E-state index in [-0.39, 0.29) is 17.1 Å². The van der Waals surface area contributed by atoms with Crippen molar-refractivity contribution in [2.45, 2.75) is 59.2 Å². The molecule has 0 aliphatic heterocycles. The molecule has 0 fully saturated rings. The van der Waals surface area contributed by atoms with E-state index >= 15 is 0 Å². The Morgan fingerprint density at radius 1 is 1.06 bits per heavy atom. The third-order valence-corrected chi connectivity index (χ3v) is 2.21. The summed E-state index contributed by atoms with van der Waals surface area (Å²) in [5.74, 6) is -0.0255. The molecule has 0 unspecified atom stereocenters. The van der Waals surface area contributed by atoms with Crippen LogP contribution < -0.4 is 5.32 Å². The molecule has 102 valence electrons. The second-order valence-corrected chi connectivity index (χ2v) is 5.80. The fraction of sp³-hybridized carbons (Fsp3) is 0.923. The van der Waals surface area contributed by atoms with E-state index in [9.17, 15) is 4.79 Å². The van der Waals surface area contributed by atoms with E-state index in [1.54, 1.807) is 0 Å². The molecule has 0 atom stereocenters. The zero-order chi connectivity index (χ0) is 13.5. The summed E-state index contributed by atoms with van der Waals surface area (Å²) in [5.41, 5.74) is -0.323. The van der Waals surface area contributed by atoms with Crippen LogP contribution in [0.4, 0.5) is 0 Å². The highest BCUT2D eigenvalue weighted by atomic mass is 16.5. The van der Waals surface area contributed by atoms with Crippen molar-refractivity contribution in [2.75, 3.05) is 19.8 Å². The average Bonchev–Trinajstić information content (AvgIpc) is 2.09. The van der Waals surface area contributed by atoms with E-state index in [1.165, 1.54) is 6.92 Å². The van der Waals surface area contributed by atoms with Crippen LogP contribution >= 0.6 is 0 Å². The van der Waals surface area contributed by atoms with Crippen LogP contribution in [0.25, 0.3) is 0 Å². The average molecular weight is 245 g/mol. The molecule has 0 aromatic heterocycles. The summed E-state index contributed by atoms with van der Waals surface area (Å²) in [6, 6.07) is 0. The van der Waals surface area contributed by atoms with Crippen LogP contribution in [0.15, 0.2) is 0 Å². The summed E-state index contributed by atoms with van der Waals surface area (Å²) in [6.45, 7) is 13.5. The van der Waals surface area contributed by atoms with E-state index in [2.05, 4.69) is 5.32 Å². The molecule has 1 amide bonds. The minimum Gasteiger partial charge on any atom is -0.376 e. The maximum atomic E-state index is 10.7. The van der Waals surface area contributed by atoms with Gasteiger partial charge in [-0.05, 0) is 41.0 Å². The summed E-state index contributed by atoms with van der Waals surface area (Å²) in [6.07, 6.45) is 0.838. The second-order valence-electron chi connectivity index (χ2n) is 5.80. The van der Waals surface area contributed by atoms with Gasteiger partial charge >= 0.3 is 0 Å². The Balaban J connectivity index is 3.69. The van der Waals surface area contributed by atoms with Crippen LogP contribution in [-0.2, 0) is 14.3 Å². The van der Waals surface area contributed by atoms with Gasteiger partial charge in [0, 0.05) is 20.1 Å². The van der Waals surface area contributed by atoms with Gasteiger partial charge in [-0.25, -0.2) is 0 Å². The summed E-state index contributed by atoms with van der Waals surface area (Å²) >= 11 is 0. The van der Waals surface area contributed by atoms with Crippen LogP contribution in [0.5, 0.6) is 0 Å². The Bertz CT molecular complexity index is 231. The monoisotopic (exact) mass is 245 g/mol. The van der Waals surface area contributed by atoms with Gasteiger partial charge in [-0.1, -0.05) is 0 Å². The smallest absolute Gasteiger partial charge is 0.216 e. The number of carbonyl (C=O) groups excluding carboxylic acids is 1. The molecule has 0 heterocycles. The molecule has 0 spiro atoms. The Kier molecular flexibility index (Phi) is 6.72. The Hall–Kier alpha value is -0.610. The van der Waals surface area contributed by atoms with E-state index < -0.39 is 0 Å². The Labute approximate surface area is 105 Å². The summed E-state index contributed by atoms with van der Waals surface area (Å²) in [4.78, 5) is 10.7. The van der Waals surface area contributed by atoms with Gasteiger partial charge in [0.1, 0.15) is 0 Å². The Morgan fingerprint density at radius 2 is 1.65 bits per heavy atom. The highest BCUT2D eigenvalue weighted by molar-refractivity contribution is 5.72. The number of hydrogen-bond donors (Lipinski definition) is 1. The molecule has 0 aliphatic rings. The predicted molar refractivity (Wildman–Crippen MR) is 69.0 cm³/mol. The lowest BCUT2D eigenvalue weighted by atomic mass is 10.1. The first kappa shape index (κ1) is 16.4. The second kappa shape index (κ2) is 6.97. The van der Waals surface area contributed by atoms with E-state index in [4.69, 9.17) is 9.47 Å². The summed E-state index contributed by atoms with van der Waals surface area (Å²) in [7, 11) is 0. The van der Waals surface area contributed by atoms with Crippen LogP contribution in [0.1, 0.15) is 48.0 Å². The van der Waals surface area contributed by atoms with Gasteiger partial charge in [0.05, 0.1) is 17.8 Å². The van der Waals surface area contributed by atoms with Gasteiger partial charge in [0.25, 0.3) is 0 Å². The molecular weight excluding hydrogens is 218 g/mol. The van der Waals surface area contributed by atoms with Gasteiger partial charge in [0.15, 0.2) is 0 Å².